The Hall–Kier alpha value is -2.79. The first-order valence-corrected chi connectivity index (χ1v) is 11.4. The highest BCUT2D eigenvalue weighted by atomic mass is 16.5. The van der Waals surface area contributed by atoms with E-state index in [0.717, 1.165) is 50.3 Å². The van der Waals surface area contributed by atoms with E-state index in [2.05, 4.69) is 47.6 Å². The number of piperazine rings is 1. The third-order valence-corrected chi connectivity index (χ3v) is 6.07. The van der Waals surface area contributed by atoms with Crippen LogP contribution < -0.4 is 4.74 Å². The predicted molar refractivity (Wildman–Crippen MR) is 125 cm³/mol. The number of carbonyl (C=O) groups is 1. The molecule has 0 aliphatic carbocycles. The Morgan fingerprint density at radius 2 is 1.65 bits per heavy atom. The summed E-state index contributed by atoms with van der Waals surface area (Å²) in [5.74, 6) is 1.66. The lowest BCUT2D eigenvalue weighted by molar-refractivity contribution is -0.137. The summed E-state index contributed by atoms with van der Waals surface area (Å²) in [5, 5.41) is 2.35. The van der Waals surface area contributed by atoms with Crippen molar-refractivity contribution in [1.29, 1.82) is 0 Å². The minimum Gasteiger partial charge on any atom is -0.492 e. The lowest BCUT2D eigenvalue weighted by Crippen LogP contribution is -2.51. The van der Waals surface area contributed by atoms with E-state index in [1.165, 1.54) is 5.39 Å². The topological polar surface area (TPSA) is 37.7 Å². The van der Waals surface area contributed by atoms with Crippen LogP contribution in [0.1, 0.15) is 26.3 Å². The Morgan fingerprint density at radius 1 is 0.935 bits per heavy atom. The first kappa shape index (κ1) is 21.4. The first-order valence-electron chi connectivity index (χ1n) is 11.4. The molecule has 0 bridgehead atoms. The smallest absolute Gasteiger partial charge is 0.245 e. The fourth-order valence-corrected chi connectivity index (χ4v) is 4.36. The molecule has 3 aromatic rings. The van der Waals surface area contributed by atoms with Gasteiger partial charge in [0.2, 0.25) is 5.91 Å². The molecule has 2 heterocycles. The zero-order chi connectivity index (χ0) is 21.6. The van der Waals surface area contributed by atoms with Crippen LogP contribution in [0.25, 0.3) is 10.8 Å². The van der Waals surface area contributed by atoms with Crippen molar-refractivity contribution in [3.05, 3.63) is 67.0 Å². The molecule has 1 aromatic heterocycles. The second-order valence-corrected chi connectivity index (χ2v) is 8.77. The monoisotopic (exact) mass is 419 g/mol. The SMILES string of the molecule is CC(C)C[C@@H](C(=O)N1CCN(CCOc2cccc3ccccc23)CC1)n1cccc1. The number of hydrogen-bond donors (Lipinski definition) is 0. The predicted octanol–water partition coefficient (Wildman–Crippen LogP) is 4.45. The Labute approximate surface area is 185 Å². The van der Waals surface area contributed by atoms with Gasteiger partial charge in [-0.1, -0.05) is 50.2 Å². The van der Waals surface area contributed by atoms with Crippen molar-refractivity contribution in [3.8, 4) is 5.75 Å². The van der Waals surface area contributed by atoms with Crippen molar-refractivity contribution in [2.75, 3.05) is 39.3 Å². The van der Waals surface area contributed by atoms with Gasteiger partial charge in [0.1, 0.15) is 18.4 Å². The zero-order valence-electron chi connectivity index (χ0n) is 18.6. The molecule has 0 radical (unpaired) electrons. The van der Waals surface area contributed by atoms with Crippen molar-refractivity contribution < 1.29 is 9.53 Å². The van der Waals surface area contributed by atoms with Crippen LogP contribution in [0.5, 0.6) is 5.75 Å². The second kappa shape index (κ2) is 10.0. The molecular formula is C26H33N3O2. The molecular weight excluding hydrogens is 386 g/mol. The van der Waals surface area contributed by atoms with Crippen LogP contribution in [0.4, 0.5) is 0 Å². The quantitative estimate of drug-likeness (QED) is 0.541. The standard InChI is InChI=1S/C26H33N3O2/c1-21(2)20-24(28-12-5-6-13-28)26(30)29-16-14-27(15-17-29)18-19-31-25-11-7-9-22-8-3-4-10-23(22)25/h3-13,21,24H,14-20H2,1-2H3/t24-/m0/s1. The average Bonchev–Trinajstić information content (AvgIpc) is 3.32. The van der Waals surface area contributed by atoms with Crippen molar-refractivity contribution in [1.82, 2.24) is 14.4 Å². The molecule has 0 spiro atoms. The van der Waals surface area contributed by atoms with Gasteiger partial charge in [0.15, 0.2) is 0 Å². The normalized spacial score (nSPS) is 16.0. The summed E-state index contributed by atoms with van der Waals surface area (Å²) in [4.78, 5) is 17.7. The third kappa shape index (κ3) is 5.28. The maximum Gasteiger partial charge on any atom is 0.245 e. The number of carbonyl (C=O) groups excluding carboxylic acids is 1. The van der Waals surface area contributed by atoms with Crippen LogP contribution in [0, 0.1) is 5.92 Å². The molecule has 164 valence electrons. The van der Waals surface area contributed by atoms with Crippen LogP contribution in [0.15, 0.2) is 67.0 Å². The van der Waals surface area contributed by atoms with Crippen molar-refractivity contribution in [2.24, 2.45) is 5.92 Å². The Balaban J connectivity index is 1.28. The highest BCUT2D eigenvalue weighted by Gasteiger charge is 2.28. The van der Waals surface area contributed by atoms with E-state index < -0.39 is 0 Å². The van der Waals surface area contributed by atoms with Gasteiger partial charge in [-0.2, -0.15) is 0 Å². The summed E-state index contributed by atoms with van der Waals surface area (Å²) in [6.45, 7) is 9.23. The Morgan fingerprint density at radius 3 is 2.39 bits per heavy atom. The largest absolute Gasteiger partial charge is 0.492 e. The number of benzene rings is 2. The molecule has 5 heteroatoms. The molecule has 5 nitrogen and oxygen atoms in total. The average molecular weight is 420 g/mol. The summed E-state index contributed by atoms with van der Waals surface area (Å²) < 4.78 is 8.16. The first-order chi connectivity index (χ1) is 15.1. The number of rotatable bonds is 8. The van der Waals surface area contributed by atoms with Gasteiger partial charge in [0, 0.05) is 50.5 Å². The van der Waals surface area contributed by atoms with Gasteiger partial charge in [-0.15, -0.1) is 0 Å². The molecule has 0 N–H and O–H groups in total. The molecule has 1 saturated heterocycles. The highest BCUT2D eigenvalue weighted by molar-refractivity contribution is 5.88. The fraction of sp³-hybridized carbons (Fsp3) is 0.423. The van der Waals surface area contributed by atoms with Gasteiger partial charge in [-0.05, 0) is 35.9 Å². The molecule has 1 atom stereocenters. The van der Waals surface area contributed by atoms with E-state index in [-0.39, 0.29) is 11.9 Å². The summed E-state index contributed by atoms with van der Waals surface area (Å²) in [6.07, 6.45) is 4.88. The summed E-state index contributed by atoms with van der Waals surface area (Å²) in [7, 11) is 0. The zero-order valence-corrected chi connectivity index (χ0v) is 18.6. The maximum absolute atomic E-state index is 13.2. The lowest BCUT2D eigenvalue weighted by atomic mass is 10.0. The van der Waals surface area contributed by atoms with Gasteiger partial charge >= 0.3 is 0 Å². The van der Waals surface area contributed by atoms with Crippen LogP contribution in [0.2, 0.25) is 0 Å². The second-order valence-electron chi connectivity index (χ2n) is 8.77. The van der Waals surface area contributed by atoms with E-state index in [4.69, 9.17) is 4.74 Å². The van der Waals surface area contributed by atoms with E-state index in [9.17, 15) is 4.79 Å². The van der Waals surface area contributed by atoms with Crippen molar-refractivity contribution >= 4 is 16.7 Å². The van der Waals surface area contributed by atoms with Crippen molar-refractivity contribution in [3.63, 3.8) is 0 Å². The highest BCUT2D eigenvalue weighted by Crippen LogP contribution is 2.25. The molecule has 4 rings (SSSR count). The molecule has 0 saturated carbocycles. The number of hydrogen-bond acceptors (Lipinski definition) is 3. The molecule has 1 aliphatic rings. The Kier molecular flexibility index (Phi) is 6.92. The van der Waals surface area contributed by atoms with Crippen LogP contribution in [-0.4, -0.2) is 59.6 Å². The molecule has 31 heavy (non-hydrogen) atoms. The fourth-order valence-electron chi connectivity index (χ4n) is 4.36. The summed E-state index contributed by atoms with van der Waals surface area (Å²) in [5.41, 5.74) is 0. The van der Waals surface area contributed by atoms with E-state index in [1.807, 2.05) is 47.6 Å². The third-order valence-electron chi connectivity index (χ3n) is 6.07. The number of nitrogens with zero attached hydrogens (tertiary/aromatic N) is 3. The number of aromatic nitrogens is 1. The van der Waals surface area contributed by atoms with Crippen LogP contribution in [0.3, 0.4) is 0 Å². The van der Waals surface area contributed by atoms with E-state index in [0.29, 0.717) is 12.5 Å². The van der Waals surface area contributed by atoms with Gasteiger partial charge < -0.3 is 14.2 Å². The van der Waals surface area contributed by atoms with Crippen LogP contribution in [-0.2, 0) is 4.79 Å². The van der Waals surface area contributed by atoms with Gasteiger partial charge in [-0.25, -0.2) is 0 Å². The summed E-state index contributed by atoms with van der Waals surface area (Å²) >= 11 is 0. The molecule has 1 aliphatic heterocycles. The lowest BCUT2D eigenvalue weighted by Gasteiger charge is -2.37. The molecule has 0 unspecified atom stereocenters. The van der Waals surface area contributed by atoms with E-state index in [1.54, 1.807) is 0 Å². The van der Waals surface area contributed by atoms with Gasteiger partial charge in [0.05, 0.1) is 0 Å². The molecule has 1 fully saturated rings. The number of ether oxygens (including phenoxy) is 1. The molecule has 2 aromatic carbocycles. The Bertz CT molecular complexity index is 970. The number of fused-ring (bicyclic) bond motifs is 1. The molecule has 1 amide bonds. The minimum absolute atomic E-state index is 0.101. The number of amides is 1. The summed E-state index contributed by atoms with van der Waals surface area (Å²) in [6, 6.07) is 18.4. The maximum atomic E-state index is 13.2. The van der Waals surface area contributed by atoms with Gasteiger partial charge in [-0.3, -0.25) is 9.69 Å². The van der Waals surface area contributed by atoms with Crippen LogP contribution >= 0.6 is 0 Å². The van der Waals surface area contributed by atoms with Crippen molar-refractivity contribution in [2.45, 2.75) is 26.3 Å². The minimum atomic E-state index is -0.101. The van der Waals surface area contributed by atoms with Gasteiger partial charge in [0.25, 0.3) is 0 Å². The van der Waals surface area contributed by atoms with E-state index >= 15 is 0 Å².